The molecule has 0 aliphatic carbocycles. The van der Waals surface area contributed by atoms with Gasteiger partial charge in [0.1, 0.15) is 18.1 Å². The summed E-state index contributed by atoms with van der Waals surface area (Å²) in [6, 6.07) is 18.0. The highest BCUT2D eigenvalue weighted by molar-refractivity contribution is 9.10. The van der Waals surface area contributed by atoms with Crippen LogP contribution in [-0.4, -0.2) is 4.98 Å². The minimum Gasteiger partial charge on any atom is -0.459 e. The molecule has 0 unspecified atom stereocenters. The van der Waals surface area contributed by atoms with E-state index in [0.717, 1.165) is 31.8 Å². The van der Waals surface area contributed by atoms with Gasteiger partial charge in [-0.25, -0.2) is 4.98 Å². The molecule has 6 heteroatoms. The van der Waals surface area contributed by atoms with Gasteiger partial charge in [-0.3, -0.25) is 0 Å². The number of azo groups is 1. The highest BCUT2D eigenvalue weighted by atomic mass is 79.9. The van der Waals surface area contributed by atoms with Gasteiger partial charge < -0.3 is 4.42 Å². The number of rotatable bonds is 4. The van der Waals surface area contributed by atoms with Gasteiger partial charge in [0.05, 0.1) is 10.2 Å². The van der Waals surface area contributed by atoms with Gasteiger partial charge in [-0.2, -0.15) is 5.11 Å². The smallest absolute Gasteiger partial charge is 0.230 e. The van der Waals surface area contributed by atoms with E-state index < -0.39 is 0 Å². The van der Waals surface area contributed by atoms with Crippen LogP contribution in [0.3, 0.4) is 0 Å². The SMILES string of the molecule is Cc1ccc(-c2ccc(CN=Nc3nc4ccccc4s3)o2)cc1Br. The Morgan fingerprint density at radius 1 is 1.12 bits per heavy atom. The van der Waals surface area contributed by atoms with Crippen molar-refractivity contribution in [3.05, 3.63) is 70.4 Å². The largest absolute Gasteiger partial charge is 0.459 e. The second-order valence-corrected chi connectivity index (χ2v) is 7.46. The number of hydrogen-bond acceptors (Lipinski definition) is 5. The molecule has 0 N–H and O–H groups in total. The summed E-state index contributed by atoms with van der Waals surface area (Å²) >= 11 is 5.08. The number of aryl methyl sites for hydroxylation is 1. The fourth-order valence-corrected chi connectivity index (χ4v) is 3.62. The molecule has 0 spiro atoms. The van der Waals surface area contributed by atoms with E-state index in [9.17, 15) is 0 Å². The van der Waals surface area contributed by atoms with Crippen LogP contribution in [0.5, 0.6) is 0 Å². The Morgan fingerprint density at radius 3 is 2.84 bits per heavy atom. The van der Waals surface area contributed by atoms with Crippen LogP contribution in [0, 0.1) is 6.92 Å². The molecule has 0 radical (unpaired) electrons. The van der Waals surface area contributed by atoms with E-state index in [0.29, 0.717) is 11.7 Å². The first-order chi connectivity index (χ1) is 12.2. The molecule has 0 aliphatic rings. The van der Waals surface area contributed by atoms with E-state index in [1.807, 2.05) is 42.5 Å². The Kier molecular flexibility index (Phi) is 4.46. The predicted molar refractivity (Wildman–Crippen MR) is 104 cm³/mol. The molecular weight excluding hydrogens is 398 g/mol. The Hall–Kier alpha value is -2.31. The van der Waals surface area contributed by atoms with Gasteiger partial charge in [-0.1, -0.05) is 51.5 Å². The zero-order chi connectivity index (χ0) is 17.2. The van der Waals surface area contributed by atoms with Gasteiger partial charge in [0.15, 0.2) is 0 Å². The number of aromatic nitrogens is 1. The summed E-state index contributed by atoms with van der Waals surface area (Å²) in [7, 11) is 0. The molecule has 0 aliphatic heterocycles. The standard InChI is InChI=1S/C19H14BrN3OS/c1-12-6-7-13(10-15(12)20)17-9-8-14(24-17)11-21-23-19-22-16-4-2-3-5-18(16)25-19/h2-10H,11H2,1H3. The Balaban J connectivity index is 1.48. The van der Waals surface area contributed by atoms with Crippen molar-refractivity contribution in [1.29, 1.82) is 0 Å². The minimum atomic E-state index is 0.392. The highest BCUT2D eigenvalue weighted by Crippen LogP contribution is 2.29. The molecule has 2 aromatic carbocycles. The highest BCUT2D eigenvalue weighted by Gasteiger charge is 2.06. The van der Waals surface area contributed by atoms with Crippen molar-refractivity contribution >= 4 is 42.6 Å². The summed E-state index contributed by atoms with van der Waals surface area (Å²) in [4.78, 5) is 4.44. The topological polar surface area (TPSA) is 50.8 Å². The van der Waals surface area contributed by atoms with Crippen LogP contribution in [-0.2, 0) is 6.54 Å². The molecule has 0 saturated carbocycles. The number of benzene rings is 2. The van der Waals surface area contributed by atoms with Crippen LogP contribution >= 0.6 is 27.3 Å². The van der Waals surface area contributed by atoms with Gasteiger partial charge in [-0.05, 0) is 42.8 Å². The second-order valence-electron chi connectivity index (χ2n) is 5.59. The van der Waals surface area contributed by atoms with E-state index in [4.69, 9.17) is 4.42 Å². The summed E-state index contributed by atoms with van der Waals surface area (Å²) in [6.07, 6.45) is 0. The van der Waals surface area contributed by atoms with Gasteiger partial charge in [0.2, 0.25) is 5.13 Å². The van der Waals surface area contributed by atoms with Gasteiger partial charge >= 0.3 is 0 Å². The molecule has 25 heavy (non-hydrogen) atoms. The Bertz CT molecular complexity index is 1030. The lowest BCUT2D eigenvalue weighted by Gasteiger charge is -2.01. The lowest BCUT2D eigenvalue weighted by Crippen LogP contribution is -1.78. The van der Waals surface area contributed by atoms with Crippen molar-refractivity contribution in [2.45, 2.75) is 13.5 Å². The summed E-state index contributed by atoms with van der Waals surface area (Å²) in [6.45, 7) is 2.45. The number of halogens is 1. The molecule has 0 saturated heterocycles. The lowest BCUT2D eigenvalue weighted by molar-refractivity contribution is 0.522. The molecular formula is C19H14BrN3OS. The third kappa shape index (κ3) is 3.55. The number of thiazole rings is 1. The third-order valence-corrected chi connectivity index (χ3v) is 5.56. The maximum atomic E-state index is 5.87. The molecule has 4 nitrogen and oxygen atoms in total. The van der Waals surface area contributed by atoms with E-state index in [-0.39, 0.29) is 0 Å². The molecule has 2 heterocycles. The van der Waals surface area contributed by atoms with Crippen LogP contribution < -0.4 is 0 Å². The molecule has 4 aromatic rings. The van der Waals surface area contributed by atoms with E-state index in [2.05, 4.69) is 50.2 Å². The fourth-order valence-electron chi connectivity index (χ4n) is 2.43. The van der Waals surface area contributed by atoms with Crippen LogP contribution in [0.25, 0.3) is 21.5 Å². The predicted octanol–water partition coefficient (Wildman–Crippen LogP) is 6.91. The Morgan fingerprint density at radius 2 is 2.00 bits per heavy atom. The first kappa shape index (κ1) is 16.2. The number of furan rings is 1. The first-order valence-electron chi connectivity index (χ1n) is 7.77. The van der Waals surface area contributed by atoms with Crippen molar-refractivity contribution in [1.82, 2.24) is 4.98 Å². The summed E-state index contributed by atoms with van der Waals surface area (Å²) in [5, 5.41) is 9.09. The number of hydrogen-bond donors (Lipinski definition) is 0. The van der Waals surface area contributed by atoms with Gasteiger partial charge in [0.25, 0.3) is 0 Å². The van der Waals surface area contributed by atoms with Crippen LogP contribution in [0.15, 0.2) is 73.7 Å². The van der Waals surface area contributed by atoms with E-state index >= 15 is 0 Å². The second kappa shape index (κ2) is 6.90. The average Bonchev–Trinajstić information content (AvgIpc) is 3.24. The summed E-state index contributed by atoms with van der Waals surface area (Å²) in [5.74, 6) is 1.60. The Labute approximate surface area is 157 Å². The normalized spacial score (nSPS) is 11.6. The zero-order valence-corrected chi connectivity index (χ0v) is 15.8. The average molecular weight is 412 g/mol. The van der Waals surface area contributed by atoms with Crippen molar-refractivity contribution in [2.24, 2.45) is 10.2 Å². The molecule has 0 bridgehead atoms. The number of para-hydroxylation sites is 1. The van der Waals surface area contributed by atoms with Gasteiger partial charge in [0, 0.05) is 10.0 Å². The van der Waals surface area contributed by atoms with Crippen molar-refractivity contribution < 1.29 is 4.42 Å². The van der Waals surface area contributed by atoms with Crippen LogP contribution in [0.2, 0.25) is 0 Å². The summed E-state index contributed by atoms with van der Waals surface area (Å²) in [5.41, 5.74) is 3.18. The monoisotopic (exact) mass is 411 g/mol. The number of nitrogens with zero attached hydrogens (tertiary/aromatic N) is 3. The van der Waals surface area contributed by atoms with Crippen molar-refractivity contribution in [3.63, 3.8) is 0 Å². The molecule has 4 rings (SSSR count). The molecule has 0 amide bonds. The van der Waals surface area contributed by atoms with Crippen molar-refractivity contribution in [3.8, 4) is 11.3 Å². The quantitative estimate of drug-likeness (QED) is 0.342. The fraction of sp³-hybridized carbons (Fsp3) is 0.105. The zero-order valence-electron chi connectivity index (χ0n) is 13.4. The first-order valence-corrected chi connectivity index (χ1v) is 9.38. The molecule has 0 fully saturated rings. The van der Waals surface area contributed by atoms with Crippen LogP contribution in [0.1, 0.15) is 11.3 Å². The van der Waals surface area contributed by atoms with Crippen LogP contribution in [0.4, 0.5) is 5.13 Å². The molecule has 0 atom stereocenters. The lowest BCUT2D eigenvalue weighted by atomic mass is 10.1. The maximum absolute atomic E-state index is 5.87. The van der Waals surface area contributed by atoms with Crippen molar-refractivity contribution in [2.75, 3.05) is 0 Å². The van der Waals surface area contributed by atoms with E-state index in [1.54, 1.807) is 0 Å². The van der Waals surface area contributed by atoms with Gasteiger partial charge in [-0.15, -0.1) is 5.11 Å². The third-order valence-electron chi connectivity index (χ3n) is 3.78. The summed E-state index contributed by atoms with van der Waals surface area (Å²) < 4.78 is 8.05. The molecule has 124 valence electrons. The number of fused-ring (bicyclic) bond motifs is 1. The minimum absolute atomic E-state index is 0.392. The maximum Gasteiger partial charge on any atom is 0.230 e. The van der Waals surface area contributed by atoms with E-state index in [1.165, 1.54) is 16.9 Å². The molecule has 2 aromatic heterocycles.